The monoisotopic (exact) mass is 254 g/mol. The van der Waals surface area contributed by atoms with E-state index < -0.39 is 0 Å². The van der Waals surface area contributed by atoms with Crippen molar-refractivity contribution in [1.82, 2.24) is 9.55 Å². The van der Waals surface area contributed by atoms with Gasteiger partial charge in [-0.05, 0) is 11.6 Å². The molecule has 0 radical (unpaired) electrons. The number of aliphatic hydroxyl groups excluding tert-OH is 1. The van der Waals surface area contributed by atoms with Crippen LogP contribution in [0.4, 0.5) is 0 Å². The number of benzene rings is 1. The summed E-state index contributed by atoms with van der Waals surface area (Å²) < 4.78 is 1.53. The molecule has 0 aliphatic carbocycles. The lowest BCUT2D eigenvalue weighted by atomic mass is 10.1. The quantitative estimate of drug-likeness (QED) is 0.832. The second kappa shape index (κ2) is 6.53. The minimum Gasteiger partial charge on any atom is -0.395 e. The van der Waals surface area contributed by atoms with Gasteiger partial charge in [0.15, 0.2) is 0 Å². The summed E-state index contributed by atoms with van der Waals surface area (Å²) in [5.74, 6) is 5.90. The smallest absolute Gasteiger partial charge is 0.253 e. The number of hydrogen-bond donors (Lipinski definition) is 1. The first kappa shape index (κ1) is 13.1. The molecule has 1 aromatic carbocycles. The molecular formula is C15H14N2O2. The van der Waals surface area contributed by atoms with Gasteiger partial charge in [0.1, 0.15) is 0 Å². The summed E-state index contributed by atoms with van der Waals surface area (Å²) >= 11 is 0. The molecule has 0 amide bonds. The topological polar surface area (TPSA) is 55.1 Å². The molecule has 1 aromatic heterocycles. The van der Waals surface area contributed by atoms with E-state index in [0.717, 1.165) is 11.1 Å². The van der Waals surface area contributed by atoms with E-state index in [1.807, 2.05) is 24.3 Å². The number of aromatic nitrogens is 2. The van der Waals surface area contributed by atoms with Crippen molar-refractivity contribution < 1.29 is 5.11 Å². The molecule has 0 unspecified atom stereocenters. The van der Waals surface area contributed by atoms with Crippen molar-refractivity contribution in [3.8, 4) is 11.8 Å². The molecule has 0 bridgehead atoms. The minimum atomic E-state index is -0.0897. The molecule has 0 aliphatic rings. The van der Waals surface area contributed by atoms with Crippen LogP contribution in [0.1, 0.15) is 17.5 Å². The summed E-state index contributed by atoms with van der Waals surface area (Å²) in [5.41, 5.74) is 1.74. The lowest BCUT2D eigenvalue weighted by molar-refractivity contribution is 0.305. The Hall–Kier alpha value is -2.38. The SMILES string of the molecule is O=c1ccncn1Cc1ccccc1C#CCCO. The van der Waals surface area contributed by atoms with Gasteiger partial charge in [-0.1, -0.05) is 30.0 Å². The van der Waals surface area contributed by atoms with Crippen LogP contribution in [0.3, 0.4) is 0 Å². The molecule has 0 spiro atoms. The van der Waals surface area contributed by atoms with Crippen LogP contribution in [0.15, 0.2) is 47.7 Å². The molecule has 19 heavy (non-hydrogen) atoms. The number of nitrogens with zero attached hydrogens (tertiary/aromatic N) is 2. The van der Waals surface area contributed by atoms with Gasteiger partial charge in [-0.15, -0.1) is 0 Å². The summed E-state index contributed by atoms with van der Waals surface area (Å²) in [6.45, 7) is 0.494. The molecule has 0 saturated heterocycles. The lowest BCUT2D eigenvalue weighted by Gasteiger charge is -2.06. The van der Waals surface area contributed by atoms with Gasteiger partial charge < -0.3 is 5.11 Å². The van der Waals surface area contributed by atoms with E-state index in [2.05, 4.69) is 16.8 Å². The first-order valence-corrected chi connectivity index (χ1v) is 5.99. The summed E-state index contributed by atoms with van der Waals surface area (Å²) in [5, 5.41) is 8.73. The van der Waals surface area contributed by atoms with E-state index in [0.29, 0.717) is 13.0 Å². The van der Waals surface area contributed by atoms with Crippen LogP contribution in [-0.2, 0) is 6.54 Å². The van der Waals surface area contributed by atoms with Crippen LogP contribution < -0.4 is 5.56 Å². The Bertz CT molecular complexity index is 665. The van der Waals surface area contributed by atoms with Crippen molar-refractivity contribution in [2.24, 2.45) is 0 Å². The molecule has 0 saturated carbocycles. The van der Waals surface area contributed by atoms with Crippen LogP contribution in [-0.4, -0.2) is 21.3 Å². The molecule has 1 heterocycles. The lowest BCUT2D eigenvalue weighted by Crippen LogP contribution is -2.19. The Balaban J connectivity index is 2.29. The third-order valence-corrected chi connectivity index (χ3v) is 2.61. The van der Waals surface area contributed by atoms with Gasteiger partial charge in [-0.2, -0.15) is 0 Å². The van der Waals surface area contributed by atoms with Crippen molar-refractivity contribution >= 4 is 0 Å². The number of rotatable bonds is 3. The standard InChI is InChI=1S/C15H14N2O2/c18-10-4-3-6-13-5-1-2-7-14(13)11-17-12-16-9-8-15(17)19/h1-2,5,7-9,12,18H,4,10-11H2. The van der Waals surface area contributed by atoms with Gasteiger partial charge >= 0.3 is 0 Å². The number of aliphatic hydroxyl groups is 1. The fourth-order valence-corrected chi connectivity index (χ4v) is 1.67. The van der Waals surface area contributed by atoms with Crippen molar-refractivity contribution in [2.45, 2.75) is 13.0 Å². The molecule has 0 aliphatic heterocycles. The summed E-state index contributed by atoms with van der Waals surface area (Å²) in [6.07, 6.45) is 3.44. The Labute approximate surface area is 111 Å². The third-order valence-electron chi connectivity index (χ3n) is 2.61. The fraction of sp³-hybridized carbons (Fsp3) is 0.200. The van der Waals surface area contributed by atoms with E-state index in [9.17, 15) is 4.79 Å². The van der Waals surface area contributed by atoms with Gasteiger partial charge in [0, 0.05) is 24.2 Å². The van der Waals surface area contributed by atoms with Gasteiger partial charge in [0.05, 0.1) is 19.5 Å². The van der Waals surface area contributed by atoms with Gasteiger partial charge in [-0.25, -0.2) is 4.98 Å². The molecule has 0 fully saturated rings. The van der Waals surface area contributed by atoms with Crippen LogP contribution in [0, 0.1) is 11.8 Å². The third kappa shape index (κ3) is 3.54. The van der Waals surface area contributed by atoms with E-state index in [1.165, 1.54) is 23.2 Å². The molecular weight excluding hydrogens is 240 g/mol. The highest BCUT2D eigenvalue weighted by Gasteiger charge is 2.01. The predicted molar refractivity (Wildman–Crippen MR) is 72.6 cm³/mol. The molecule has 2 aromatic rings. The van der Waals surface area contributed by atoms with E-state index in [1.54, 1.807) is 0 Å². The van der Waals surface area contributed by atoms with Crippen molar-refractivity contribution in [2.75, 3.05) is 6.61 Å². The summed E-state index contributed by atoms with van der Waals surface area (Å²) in [4.78, 5) is 15.6. The van der Waals surface area contributed by atoms with Crippen LogP contribution in [0.25, 0.3) is 0 Å². The first-order valence-electron chi connectivity index (χ1n) is 5.99. The van der Waals surface area contributed by atoms with E-state index in [-0.39, 0.29) is 12.2 Å². The van der Waals surface area contributed by atoms with Crippen LogP contribution in [0.5, 0.6) is 0 Å². The van der Waals surface area contributed by atoms with Gasteiger partial charge in [-0.3, -0.25) is 9.36 Å². The van der Waals surface area contributed by atoms with Crippen molar-refractivity contribution in [1.29, 1.82) is 0 Å². The van der Waals surface area contributed by atoms with Crippen molar-refractivity contribution in [3.63, 3.8) is 0 Å². The predicted octanol–water partition coefficient (Wildman–Crippen LogP) is 1.03. The average molecular weight is 254 g/mol. The van der Waals surface area contributed by atoms with Crippen molar-refractivity contribution in [3.05, 3.63) is 64.3 Å². The highest BCUT2D eigenvalue weighted by molar-refractivity contribution is 5.41. The molecule has 2 rings (SSSR count). The fourth-order valence-electron chi connectivity index (χ4n) is 1.67. The highest BCUT2D eigenvalue weighted by Crippen LogP contribution is 2.08. The molecule has 1 N–H and O–H groups in total. The second-order valence-corrected chi connectivity index (χ2v) is 3.98. The van der Waals surface area contributed by atoms with E-state index >= 15 is 0 Å². The zero-order valence-corrected chi connectivity index (χ0v) is 10.4. The maximum atomic E-state index is 11.6. The Morgan fingerprint density at radius 3 is 2.89 bits per heavy atom. The van der Waals surface area contributed by atoms with Crippen LogP contribution in [0.2, 0.25) is 0 Å². The summed E-state index contributed by atoms with van der Waals surface area (Å²) in [7, 11) is 0. The van der Waals surface area contributed by atoms with Crippen LogP contribution >= 0.6 is 0 Å². The Morgan fingerprint density at radius 1 is 1.26 bits per heavy atom. The largest absolute Gasteiger partial charge is 0.395 e. The minimum absolute atomic E-state index is 0.0528. The Morgan fingerprint density at radius 2 is 2.11 bits per heavy atom. The first-order chi connectivity index (χ1) is 9.31. The van der Waals surface area contributed by atoms with Gasteiger partial charge in [0.2, 0.25) is 0 Å². The normalized spacial score (nSPS) is 9.74. The molecule has 4 nitrogen and oxygen atoms in total. The van der Waals surface area contributed by atoms with E-state index in [4.69, 9.17) is 5.11 Å². The zero-order chi connectivity index (χ0) is 13.5. The number of hydrogen-bond acceptors (Lipinski definition) is 3. The maximum Gasteiger partial charge on any atom is 0.253 e. The molecule has 96 valence electrons. The average Bonchev–Trinajstić information content (AvgIpc) is 2.43. The highest BCUT2D eigenvalue weighted by atomic mass is 16.2. The summed E-state index contributed by atoms with van der Waals surface area (Å²) in [6, 6.07) is 9.08. The second-order valence-electron chi connectivity index (χ2n) is 3.98. The zero-order valence-electron chi connectivity index (χ0n) is 10.4. The molecule has 4 heteroatoms. The van der Waals surface area contributed by atoms with Gasteiger partial charge in [0.25, 0.3) is 5.56 Å². The Kier molecular flexibility index (Phi) is 4.49. The maximum absolute atomic E-state index is 11.6. The molecule has 0 atom stereocenters.